The smallest absolute Gasteiger partial charge is 0.344 e. The second-order valence-electron chi connectivity index (χ2n) is 9.55. The van der Waals surface area contributed by atoms with E-state index in [1.165, 1.54) is 27.4 Å². The van der Waals surface area contributed by atoms with Gasteiger partial charge in [0.05, 0.1) is 22.9 Å². The molecular weight excluding hydrogens is 540 g/mol. The Balaban J connectivity index is 1.46. The predicted molar refractivity (Wildman–Crippen MR) is 160 cm³/mol. The molecule has 6 rings (SSSR count). The third kappa shape index (κ3) is 5.05. The van der Waals surface area contributed by atoms with E-state index in [1.54, 1.807) is 24.8 Å². The van der Waals surface area contributed by atoms with Crippen LogP contribution in [0.25, 0.3) is 11.8 Å². The molecule has 1 atom stereocenters. The highest BCUT2D eigenvalue weighted by Crippen LogP contribution is 2.41. The molecule has 1 unspecified atom stereocenters. The fourth-order valence-corrected chi connectivity index (χ4v) is 6.71. The quantitative estimate of drug-likeness (QED) is 0.232. The summed E-state index contributed by atoms with van der Waals surface area (Å²) in [4.78, 5) is 32.6. The van der Waals surface area contributed by atoms with E-state index in [2.05, 4.69) is 54.8 Å². The van der Waals surface area contributed by atoms with Gasteiger partial charge in [0.1, 0.15) is 5.75 Å². The van der Waals surface area contributed by atoms with Gasteiger partial charge in [-0.2, -0.15) is 0 Å². The van der Waals surface area contributed by atoms with Gasteiger partial charge in [-0.25, -0.2) is 9.79 Å². The Kier molecular flexibility index (Phi) is 7.45. The molecule has 2 aliphatic rings. The van der Waals surface area contributed by atoms with Crippen LogP contribution in [0.2, 0.25) is 0 Å². The predicted octanol–water partition coefficient (Wildman–Crippen LogP) is 4.98. The number of nitrogens with zero attached hydrogens (tertiary/aromatic N) is 2. The molecule has 8 heteroatoms. The second-order valence-corrected chi connectivity index (χ2v) is 11.4. The molecule has 0 spiro atoms. The zero-order chi connectivity index (χ0) is 27.6. The van der Waals surface area contributed by atoms with Gasteiger partial charge < -0.3 is 9.47 Å². The molecule has 1 aliphatic carbocycles. The molecule has 0 N–H and O–H groups in total. The third-order valence-corrected chi connectivity index (χ3v) is 8.85. The van der Waals surface area contributed by atoms with E-state index in [-0.39, 0.29) is 18.2 Å². The van der Waals surface area contributed by atoms with Crippen molar-refractivity contribution in [3.8, 4) is 5.75 Å². The van der Waals surface area contributed by atoms with Crippen LogP contribution in [-0.4, -0.2) is 30.0 Å². The Bertz CT molecular complexity index is 1800. The van der Waals surface area contributed by atoms with Crippen molar-refractivity contribution in [2.24, 2.45) is 4.99 Å². The average molecular weight is 569 g/mol. The van der Waals surface area contributed by atoms with Gasteiger partial charge >= 0.3 is 5.97 Å². The Morgan fingerprint density at radius 1 is 1.10 bits per heavy atom. The standard InChI is InChI=1S/C32H28N2O4S2/c1-3-37-28(35)19-38-23-9-6-7-20(17-23)18-27-31(36)34-30(22-11-14-24(39-2)15-12-22)26-16-13-21-8-4-5-10-25(21)29(26)33-32(34)40-27/h4-12,14-15,17-18,30H,3,13,16,19H2,1-2H3. The number of fused-ring (bicyclic) bond motifs is 3. The molecule has 1 aromatic heterocycles. The molecule has 40 heavy (non-hydrogen) atoms. The fraction of sp³-hybridized carbons (Fsp3) is 0.219. The summed E-state index contributed by atoms with van der Waals surface area (Å²) >= 11 is 3.10. The van der Waals surface area contributed by atoms with Crippen molar-refractivity contribution in [2.45, 2.75) is 30.7 Å². The zero-order valence-electron chi connectivity index (χ0n) is 22.3. The van der Waals surface area contributed by atoms with E-state index in [0.717, 1.165) is 35.2 Å². The molecule has 202 valence electrons. The maximum Gasteiger partial charge on any atom is 0.344 e. The number of aromatic nitrogens is 1. The maximum absolute atomic E-state index is 14.0. The molecule has 3 aromatic carbocycles. The first kappa shape index (κ1) is 26.3. The van der Waals surface area contributed by atoms with Gasteiger partial charge in [0, 0.05) is 10.5 Å². The number of thioether (sulfide) groups is 1. The van der Waals surface area contributed by atoms with Gasteiger partial charge in [-0.05, 0) is 78.6 Å². The summed E-state index contributed by atoms with van der Waals surface area (Å²) in [5.41, 5.74) is 6.44. The minimum atomic E-state index is -0.419. The normalized spacial score (nSPS) is 16.1. The maximum atomic E-state index is 14.0. The van der Waals surface area contributed by atoms with Gasteiger partial charge in [-0.1, -0.05) is 59.9 Å². The van der Waals surface area contributed by atoms with Crippen LogP contribution < -0.4 is 19.6 Å². The topological polar surface area (TPSA) is 69.9 Å². The van der Waals surface area contributed by atoms with Crippen LogP contribution in [0.1, 0.15) is 41.6 Å². The van der Waals surface area contributed by atoms with Crippen molar-refractivity contribution in [3.05, 3.63) is 120 Å². The molecule has 6 nitrogen and oxygen atoms in total. The number of esters is 1. The van der Waals surface area contributed by atoms with E-state index in [4.69, 9.17) is 14.5 Å². The molecule has 0 saturated carbocycles. The third-order valence-electron chi connectivity index (χ3n) is 7.12. The van der Waals surface area contributed by atoms with Crippen molar-refractivity contribution in [2.75, 3.05) is 19.5 Å². The number of ether oxygens (including phenoxy) is 2. The van der Waals surface area contributed by atoms with Crippen LogP contribution >= 0.6 is 23.1 Å². The number of rotatable bonds is 7. The highest BCUT2D eigenvalue weighted by Gasteiger charge is 2.32. The SMILES string of the molecule is CCOC(=O)COc1cccc(C=c2sc3n(c2=O)C(c2ccc(SC)cc2)C2=C(N=3)c3ccccc3CC2)c1. The largest absolute Gasteiger partial charge is 0.482 e. The highest BCUT2D eigenvalue weighted by molar-refractivity contribution is 7.98. The van der Waals surface area contributed by atoms with Gasteiger partial charge in [0.2, 0.25) is 0 Å². The fourth-order valence-electron chi connectivity index (χ4n) is 5.30. The monoisotopic (exact) mass is 568 g/mol. The summed E-state index contributed by atoms with van der Waals surface area (Å²) in [5.74, 6) is 0.116. The molecule has 4 aromatic rings. The highest BCUT2D eigenvalue weighted by atomic mass is 32.2. The van der Waals surface area contributed by atoms with Crippen molar-refractivity contribution in [1.82, 2.24) is 4.57 Å². The van der Waals surface area contributed by atoms with Crippen molar-refractivity contribution < 1.29 is 14.3 Å². The summed E-state index contributed by atoms with van der Waals surface area (Å²) in [6.45, 7) is 1.90. The van der Waals surface area contributed by atoms with Crippen LogP contribution in [0.4, 0.5) is 0 Å². The molecule has 0 amide bonds. The van der Waals surface area contributed by atoms with Crippen LogP contribution in [0.15, 0.2) is 93.1 Å². The molecule has 2 heterocycles. The number of carbonyl (C=O) groups is 1. The number of hydrogen-bond donors (Lipinski definition) is 0. The number of carbonyl (C=O) groups excluding carboxylic acids is 1. The lowest BCUT2D eigenvalue weighted by Gasteiger charge is -2.30. The van der Waals surface area contributed by atoms with Gasteiger partial charge in [0.25, 0.3) is 5.56 Å². The van der Waals surface area contributed by atoms with E-state index in [9.17, 15) is 9.59 Å². The van der Waals surface area contributed by atoms with Crippen molar-refractivity contribution >= 4 is 40.8 Å². The summed E-state index contributed by atoms with van der Waals surface area (Å²) in [6.07, 6.45) is 5.71. The number of aryl methyl sites for hydroxylation is 1. The molecule has 0 bridgehead atoms. The molecular formula is C32H28N2O4S2. The van der Waals surface area contributed by atoms with Gasteiger partial charge in [-0.15, -0.1) is 11.8 Å². The minimum absolute atomic E-state index is 0.0639. The van der Waals surface area contributed by atoms with Crippen molar-refractivity contribution in [3.63, 3.8) is 0 Å². The van der Waals surface area contributed by atoms with E-state index >= 15 is 0 Å². The average Bonchev–Trinajstić information content (AvgIpc) is 3.29. The van der Waals surface area contributed by atoms with E-state index < -0.39 is 5.97 Å². The molecule has 0 radical (unpaired) electrons. The number of benzene rings is 3. The Morgan fingerprint density at radius 2 is 1.93 bits per heavy atom. The lowest BCUT2D eigenvalue weighted by Crippen LogP contribution is -2.38. The number of thiazole rings is 1. The van der Waals surface area contributed by atoms with Crippen LogP contribution in [0, 0.1) is 0 Å². The molecule has 0 saturated heterocycles. The van der Waals surface area contributed by atoms with Crippen LogP contribution in [0.5, 0.6) is 5.75 Å². The summed E-state index contributed by atoms with van der Waals surface area (Å²) in [6, 6.07) is 24.1. The van der Waals surface area contributed by atoms with Gasteiger partial charge in [0.15, 0.2) is 11.4 Å². The first-order valence-corrected chi connectivity index (χ1v) is 15.3. The summed E-state index contributed by atoms with van der Waals surface area (Å²) in [5, 5.41) is 0. The summed E-state index contributed by atoms with van der Waals surface area (Å²) in [7, 11) is 0. The minimum Gasteiger partial charge on any atom is -0.482 e. The first-order chi connectivity index (χ1) is 19.6. The Morgan fingerprint density at radius 3 is 2.73 bits per heavy atom. The number of hydrogen-bond acceptors (Lipinski definition) is 7. The lowest BCUT2D eigenvalue weighted by molar-refractivity contribution is -0.145. The van der Waals surface area contributed by atoms with Crippen LogP contribution in [-0.2, 0) is 16.0 Å². The second kappa shape index (κ2) is 11.3. The van der Waals surface area contributed by atoms with E-state index in [1.807, 2.05) is 28.8 Å². The first-order valence-electron chi connectivity index (χ1n) is 13.2. The zero-order valence-corrected chi connectivity index (χ0v) is 23.9. The lowest BCUT2D eigenvalue weighted by atomic mass is 9.83. The number of allylic oxidation sites excluding steroid dienone is 1. The Labute approximate surface area is 240 Å². The van der Waals surface area contributed by atoms with E-state index in [0.29, 0.717) is 21.7 Å². The van der Waals surface area contributed by atoms with Crippen LogP contribution in [0.3, 0.4) is 0 Å². The molecule has 0 fully saturated rings. The Hall–Kier alpha value is -3.88. The molecule has 1 aliphatic heterocycles. The van der Waals surface area contributed by atoms with Gasteiger partial charge in [-0.3, -0.25) is 9.36 Å². The van der Waals surface area contributed by atoms with Crippen molar-refractivity contribution in [1.29, 1.82) is 0 Å². The summed E-state index contributed by atoms with van der Waals surface area (Å²) < 4.78 is 13.0.